The Bertz CT molecular complexity index is 512. The van der Waals surface area contributed by atoms with Crippen LogP contribution in [0.3, 0.4) is 0 Å². The highest BCUT2D eigenvalue weighted by molar-refractivity contribution is 5.97. The fraction of sp³-hybridized carbons (Fsp3) is 0.412. The number of hydrogen-bond acceptors (Lipinski definition) is 4. The third-order valence-electron chi connectivity index (χ3n) is 2.98. The number of esters is 1. The normalized spacial score (nSPS) is 10.8. The van der Waals surface area contributed by atoms with E-state index in [0.717, 1.165) is 17.7 Å². The Hall–Kier alpha value is -2.28. The molecule has 0 saturated carbocycles. The molecule has 0 bridgehead atoms. The lowest BCUT2D eigenvalue weighted by Gasteiger charge is -2.06. The first kappa shape index (κ1) is 16.8. The van der Waals surface area contributed by atoms with Crippen LogP contribution in [0, 0.1) is 11.3 Å². The Morgan fingerprint density at radius 1 is 1.24 bits per heavy atom. The third kappa shape index (κ3) is 6.13. The number of carbonyl (C=O) groups excluding carboxylic acids is 1. The van der Waals surface area contributed by atoms with Crippen LogP contribution < -0.4 is 4.74 Å². The number of benzene rings is 1. The van der Waals surface area contributed by atoms with E-state index in [-0.39, 0.29) is 5.57 Å². The van der Waals surface area contributed by atoms with Gasteiger partial charge in [0.1, 0.15) is 17.4 Å². The number of methoxy groups -OCH3 is 1. The topological polar surface area (TPSA) is 59.3 Å². The summed E-state index contributed by atoms with van der Waals surface area (Å²) < 4.78 is 10.2. The Morgan fingerprint density at radius 2 is 1.95 bits per heavy atom. The lowest BCUT2D eigenvalue weighted by atomic mass is 10.1. The van der Waals surface area contributed by atoms with Gasteiger partial charge in [-0.1, -0.05) is 38.3 Å². The average molecular weight is 287 g/mol. The summed E-state index contributed by atoms with van der Waals surface area (Å²) in [5, 5.41) is 8.89. The highest BCUT2D eigenvalue weighted by atomic mass is 16.5. The molecule has 0 N–H and O–H groups in total. The molecule has 0 spiro atoms. The van der Waals surface area contributed by atoms with Crippen molar-refractivity contribution in [2.75, 3.05) is 13.7 Å². The summed E-state index contributed by atoms with van der Waals surface area (Å²) in [5.41, 5.74) is 0.737. The first-order valence-corrected chi connectivity index (χ1v) is 7.14. The van der Waals surface area contributed by atoms with Crippen LogP contribution in [-0.4, -0.2) is 19.7 Å². The van der Waals surface area contributed by atoms with Gasteiger partial charge in [0.15, 0.2) is 0 Å². The van der Waals surface area contributed by atoms with E-state index in [0.29, 0.717) is 6.61 Å². The predicted octanol–water partition coefficient (Wildman–Crippen LogP) is 3.73. The van der Waals surface area contributed by atoms with Gasteiger partial charge in [-0.05, 0) is 30.2 Å². The zero-order valence-corrected chi connectivity index (χ0v) is 12.6. The summed E-state index contributed by atoms with van der Waals surface area (Å²) in [6, 6.07) is 9.10. The van der Waals surface area contributed by atoms with Crippen LogP contribution in [0.1, 0.15) is 38.2 Å². The second-order valence-electron chi connectivity index (χ2n) is 4.64. The minimum atomic E-state index is -0.631. The summed E-state index contributed by atoms with van der Waals surface area (Å²) in [6.07, 6.45) is 6.18. The third-order valence-corrected chi connectivity index (χ3v) is 2.98. The van der Waals surface area contributed by atoms with E-state index in [1.165, 1.54) is 32.4 Å². The number of unbranched alkanes of at least 4 members (excludes halogenated alkanes) is 3. The van der Waals surface area contributed by atoms with Gasteiger partial charge in [-0.15, -0.1) is 0 Å². The second kappa shape index (κ2) is 9.60. The van der Waals surface area contributed by atoms with Crippen molar-refractivity contribution in [2.45, 2.75) is 32.6 Å². The van der Waals surface area contributed by atoms with Crippen LogP contribution >= 0.6 is 0 Å². The molecule has 0 unspecified atom stereocenters. The van der Waals surface area contributed by atoms with Gasteiger partial charge in [0, 0.05) is 0 Å². The largest absolute Gasteiger partial charge is 0.494 e. The Balaban J connectivity index is 2.56. The van der Waals surface area contributed by atoms with Gasteiger partial charge in [-0.2, -0.15) is 5.26 Å². The van der Waals surface area contributed by atoms with Gasteiger partial charge in [0.05, 0.1) is 13.7 Å². The first-order valence-electron chi connectivity index (χ1n) is 7.14. The zero-order chi connectivity index (χ0) is 15.5. The summed E-state index contributed by atoms with van der Waals surface area (Å²) >= 11 is 0. The molecule has 0 atom stereocenters. The van der Waals surface area contributed by atoms with Crippen molar-refractivity contribution in [2.24, 2.45) is 0 Å². The number of ether oxygens (including phenoxy) is 2. The number of carbonyl (C=O) groups is 1. The highest BCUT2D eigenvalue weighted by Gasteiger charge is 2.08. The predicted molar refractivity (Wildman–Crippen MR) is 81.7 cm³/mol. The van der Waals surface area contributed by atoms with Crippen molar-refractivity contribution in [3.63, 3.8) is 0 Å². The summed E-state index contributed by atoms with van der Waals surface area (Å²) in [7, 11) is 1.25. The van der Waals surface area contributed by atoms with Gasteiger partial charge >= 0.3 is 5.97 Å². The average Bonchev–Trinajstić information content (AvgIpc) is 2.53. The standard InChI is InChI=1S/C17H21NO3/c1-3-4-5-6-11-21-16-9-7-14(8-10-16)12-15(13-18)17(19)20-2/h7-10,12H,3-6,11H2,1-2H3/b15-12+. The molecule has 1 aromatic rings. The van der Waals surface area contributed by atoms with Crippen LogP contribution in [-0.2, 0) is 9.53 Å². The highest BCUT2D eigenvalue weighted by Crippen LogP contribution is 2.15. The molecule has 21 heavy (non-hydrogen) atoms. The second-order valence-corrected chi connectivity index (χ2v) is 4.64. The number of hydrogen-bond donors (Lipinski definition) is 0. The van der Waals surface area contributed by atoms with Crippen molar-refractivity contribution in [3.8, 4) is 11.8 Å². The van der Waals surface area contributed by atoms with Gasteiger partial charge in [-0.25, -0.2) is 4.79 Å². The molecule has 0 amide bonds. The Morgan fingerprint density at radius 3 is 2.52 bits per heavy atom. The lowest BCUT2D eigenvalue weighted by molar-refractivity contribution is -0.135. The van der Waals surface area contributed by atoms with Gasteiger partial charge < -0.3 is 9.47 Å². The molecular weight excluding hydrogens is 266 g/mol. The molecule has 0 heterocycles. The summed E-state index contributed by atoms with van der Waals surface area (Å²) in [5.74, 6) is 0.161. The van der Waals surface area contributed by atoms with Crippen LogP contribution in [0.25, 0.3) is 6.08 Å². The van der Waals surface area contributed by atoms with Crippen molar-refractivity contribution in [1.29, 1.82) is 5.26 Å². The minimum Gasteiger partial charge on any atom is -0.494 e. The molecule has 4 nitrogen and oxygen atoms in total. The molecule has 0 aliphatic carbocycles. The smallest absolute Gasteiger partial charge is 0.348 e. The molecule has 112 valence electrons. The van der Waals surface area contributed by atoms with Gasteiger partial charge in [0.2, 0.25) is 0 Å². The van der Waals surface area contributed by atoms with Crippen LogP contribution in [0.5, 0.6) is 5.75 Å². The minimum absolute atomic E-state index is 0.0225. The molecule has 1 rings (SSSR count). The van der Waals surface area contributed by atoms with E-state index in [1.807, 2.05) is 30.3 Å². The zero-order valence-electron chi connectivity index (χ0n) is 12.6. The maximum absolute atomic E-state index is 11.3. The van der Waals surface area contributed by atoms with Crippen molar-refractivity contribution in [3.05, 3.63) is 35.4 Å². The lowest BCUT2D eigenvalue weighted by Crippen LogP contribution is -2.02. The van der Waals surface area contributed by atoms with E-state index in [2.05, 4.69) is 11.7 Å². The number of rotatable bonds is 8. The van der Waals surface area contributed by atoms with Gasteiger partial charge in [0.25, 0.3) is 0 Å². The molecule has 0 saturated heterocycles. The van der Waals surface area contributed by atoms with Crippen molar-refractivity contribution in [1.82, 2.24) is 0 Å². The molecule has 1 aromatic carbocycles. The summed E-state index contributed by atoms with van der Waals surface area (Å²) in [4.78, 5) is 11.3. The van der Waals surface area contributed by atoms with Crippen molar-refractivity contribution < 1.29 is 14.3 Å². The maximum Gasteiger partial charge on any atom is 0.348 e. The maximum atomic E-state index is 11.3. The number of nitriles is 1. The van der Waals surface area contributed by atoms with Gasteiger partial charge in [-0.3, -0.25) is 0 Å². The van der Waals surface area contributed by atoms with E-state index in [4.69, 9.17) is 10.00 Å². The molecule has 0 aromatic heterocycles. The Kier molecular flexibility index (Phi) is 7.67. The fourth-order valence-electron chi connectivity index (χ4n) is 1.79. The van der Waals surface area contributed by atoms with Crippen molar-refractivity contribution >= 4 is 12.0 Å². The monoisotopic (exact) mass is 287 g/mol. The SMILES string of the molecule is CCCCCCOc1ccc(/C=C(\C#N)C(=O)OC)cc1. The first-order chi connectivity index (χ1) is 10.2. The molecule has 0 aliphatic heterocycles. The van der Waals surface area contributed by atoms with Crippen LogP contribution in [0.15, 0.2) is 29.8 Å². The molecule has 0 aliphatic rings. The summed E-state index contributed by atoms with van der Waals surface area (Å²) in [6.45, 7) is 2.89. The molecule has 0 fully saturated rings. The van der Waals surface area contributed by atoms with E-state index < -0.39 is 5.97 Å². The molecule has 0 radical (unpaired) electrons. The number of nitrogens with zero attached hydrogens (tertiary/aromatic N) is 1. The molecule has 4 heteroatoms. The quantitative estimate of drug-likeness (QED) is 0.316. The van der Waals surface area contributed by atoms with E-state index in [1.54, 1.807) is 0 Å². The van der Waals surface area contributed by atoms with E-state index >= 15 is 0 Å². The molecular formula is C17H21NO3. The van der Waals surface area contributed by atoms with Crippen LogP contribution in [0.2, 0.25) is 0 Å². The van der Waals surface area contributed by atoms with E-state index in [9.17, 15) is 4.79 Å². The van der Waals surface area contributed by atoms with Crippen LogP contribution in [0.4, 0.5) is 0 Å². The Labute approximate surface area is 126 Å². The fourth-order valence-corrected chi connectivity index (χ4v) is 1.79.